The van der Waals surface area contributed by atoms with Crippen molar-refractivity contribution in [2.24, 2.45) is 0 Å². The molecule has 4 aromatic heterocycles. The molecule has 1 aliphatic heterocycles. The number of hydrogen-bond acceptors (Lipinski definition) is 5. The monoisotopic (exact) mass is 468 g/mol. The standard InChI is InChI=1S/C27H28N6O2/c1-18(34)21-12-22-25(24(14-21)35-2)33-17-19-15-29-31(16-19)10-5-3-4-6-11-32-23(27(33)30-22)13-20-8-7-9-28-26(20)32/h7-9,12-16H,3-6,10-11,17H2,1-2H3. The van der Waals surface area contributed by atoms with Crippen LogP contribution in [-0.2, 0) is 19.6 Å². The van der Waals surface area contributed by atoms with Gasteiger partial charge >= 0.3 is 0 Å². The molecule has 0 amide bonds. The van der Waals surface area contributed by atoms with E-state index in [2.05, 4.69) is 32.6 Å². The molecule has 0 saturated carbocycles. The molecule has 5 heterocycles. The number of aryl methyl sites for hydroxylation is 2. The fourth-order valence-electron chi connectivity index (χ4n) is 5.13. The van der Waals surface area contributed by atoms with E-state index in [4.69, 9.17) is 14.7 Å². The van der Waals surface area contributed by atoms with Crippen molar-refractivity contribution in [1.29, 1.82) is 0 Å². The number of imidazole rings is 1. The van der Waals surface area contributed by atoms with E-state index in [0.717, 1.165) is 71.5 Å². The third-order valence-electron chi connectivity index (χ3n) is 6.86. The average molecular weight is 469 g/mol. The number of Topliss-reactive ketones (excluding diaryl/α,β-unsaturated/α-hetero) is 1. The van der Waals surface area contributed by atoms with Crippen LogP contribution in [0.15, 0.2) is 48.9 Å². The number of carbonyl (C=O) groups excluding carboxylic acids is 1. The van der Waals surface area contributed by atoms with Crippen LogP contribution in [0.1, 0.15) is 48.5 Å². The van der Waals surface area contributed by atoms with Gasteiger partial charge in [0.2, 0.25) is 0 Å². The van der Waals surface area contributed by atoms with Crippen molar-refractivity contribution in [2.45, 2.75) is 52.2 Å². The third kappa shape index (κ3) is 3.79. The van der Waals surface area contributed by atoms with E-state index in [-0.39, 0.29) is 5.78 Å². The first-order valence-electron chi connectivity index (χ1n) is 12.2. The van der Waals surface area contributed by atoms with Gasteiger partial charge in [-0.1, -0.05) is 12.8 Å². The van der Waals surface area contributed by atoms with Gasteiger partial charge in [0.05, 0.1) is 31.1 Å². The topological polar surface area (TPSA) is 79.8 Å². The maximum atomic E-state index is 12.2. The summed E-state index contributed by atoms with van der Waals surface area (Å²) in [6.45, 7) is 3.95. The Morgan fingerprint density at radius 1 is 1.06 bits per heavy atom. The molecular formula is C27H28N6O2. The van der Waals surface area contributed by atoms with Crippen LogP contribution in [0.2, 0.25) is 0 Å². The lowest BCUT2D eigenvalue weighted by Gasteiger charge is -2.14. The molecule has 0 N–H and O–H groups in total. The Balaban J connectivity index is 1.65. The number of benzene rings is 1. The predicted octanol–water partition coefficient (Wildman–Crippen LogP) is 5.08. The van der Waals surface area contributed by atoms with Gasteiger partial charge in [-0.2, -0.15) is 5.10 Å². The molecule has 178 valence electrons. The summed E-state index contributed by atoms with van der Waals surface area (Å²) in [5, 5.41) is 5.69. The van der Waals surface area contributed by atoms with Crippen LogP contribution < -0.4 is 4.74 Å². The summed E-state index contributed by atoms with van der Waals surface area (Å²) in [7, 11) is 1.64. The zero-order valence-electron chi connectivity index (χ0n) is 20.1. The normalized spacial score (nSPS) is 14.5. The fraction of sp³-hybridized carbons (Fsp3) is 0.333. The van der Waals surface area contributed by atoms with Crippen LogP contribution in [-0.4, -0.2) is 41.8 Å². The minimum absolute atomic E-state index is 0.0146. The Bertz CT molecular complexity index is 1560. The average Bonchev–Trinajstić information content (AvgIpc) is 3.56. The summed E-state index contributed by atoms with van der Waals surface area (Å²) in [6, 6.07) is 9.92. The smallest absolute Gasteiger partial charge is 0.160 e. The van der Waals surface area contributed by atoms with E-state index in [1.807, 2.05) is 35.3 Å². The van der Waals surface area contributed by atoms with Crippen LogP contribution >= 0.6 is 0 Å². The first kappa shape index (κ1) is 21.6. The molecule has 35 heavy (non-hydrogen) atoms. The first-order chi connectivity index (χ1) is 17.1. The molecule has 0 atom stereocenters. The van der Waals surface area contributed by atoms with Gasteiger partial charge < -0.3 is 13.9 Å². The number of aromatic nitrogens is 6. The summed E-state index contributed by atoms with van der Waals surface area (Å²) in [6.07, 6.45) is 10.4. The van der Waals surface area contributed by atoms with Crippen molar-refractivity contribution in [3.8, 4) is 17.3 Å². The Morgan fingerprint density at radius 2 is 1.91 bits per heavy atom. The SMILES string of the molecule is COc1cc(C(C)=O)cc2nc3n(c12)Cc1cnn(c1)CCCCCCn1c-3cc2cccnc21. The first-order valence-corrected chi connectivity index (χ1v) is 12.2. The van der Waals surface area contributed by atoms with Gasteiger partial charge in [-0.15, -0.1) is 0 Å². The highest BCUT2D eigenvalue weighted by Gasteiger charge is 2.23. The number of ketones is 1. The molecular weight excluding hydrogens is 440 g/mol. The third-order valence-corrected chi connectivity index (χ3v) is 6.86. The summed E-state index contributed by atoms with van der Waals surface area (Å²) >= 11 is 0. The van der Waals surface area contributed by atoms with Crippen LogP contribution in [0.4, 0.5) is 0 Å². The Labute approximate surface area is 203 Å². The molecule has 0 unspecified atom stereocenters. The molecule has 1 aromatic carbocycles. The number of methoxy groups -OCH3 is 1. The number of carbonyl (C=O) groups is 1. The van der Waals surface area contributed by atoms with Crippen LogP contribution in [0.3, 0.4) is 0 Å². The second kappa shape index (κ2) is 8.69. The lowest BCUT2D eigenvalue weighted by Crippen LogP contribution is -2.08. The number of ether oxygens (including phenoxy) is 1. The summed E-state index contributed by atoms with van der Waals surface area (Å²) in [5.74, 6) is 1.46. The van der Waals surface area contributed by atoms with Gasteiger partial charge in [0, 0.05) is 42.0 Å². The highest BCUT2D eigenvalue weighted by molar-refractivity contribution is 6.00. The second-order valence-electron chi connectivity index (χ2n) is 9.25. The van der Waals surface area contributed by atoms with Crippen molar-refractivity contribution in [2.75, 3.05) is 7.11 Å². The molecule has 1 aliphatic rings. The zero-order chi connectivity index (χ0) is 23.9. The van der Waals surface area contributed by atoms with Crippen LogP contribution in [0.25, 0.3) is 33.6 Å². The van der Waals surface area contributed by atoms with Crippen molar-refractivity contribution < 1.29 is 9.53 Å². The van der Waals surface area contributed by atoms with Crippen molar-refractivity contribution in [1.82, 2.24) is 28.9 Å². The molecule has 0 fully saturated rings. The molecule has 6 rings (SSSR count). The highest BCUT2D eigenvalue weighted by Crippen LogP contribution is 2.35. The molecule has 0 radical (unpaired) electrons. The van der Waals surface area contributed by atoms with Gasteiger partial charge in [-0.25, -0.2) is 9.97 Å². The van der Waals surface area contributed by atoms with Gasteiger partial charge in [0.25, 0.3) is 0 Å². The minimum atomic E-state index is -0.0146. The predicted molar refractivity (Wildman–Crippen MR) is 135 cm³/mol. The fourth-order valence-corrected chi connectivity index (χ4v) is 5.13. The Kier molecular flexibility index (Phi) is 5.36. The number of pyridine rings is 1. The summed E-state index contributed by atoms with van der Waals surface area (Å²) in [4.78, 5) is 22.0. The zero-order valence-corrected chi connectivity index (χ0v) is 20.1. The molecule has 0 spiro atoms. The van der Waals surface area contributed by atoms with E-state index >= 15 is 0 Å². The molecule has 0 aliphatic carbocycles. The number of rotatable bonds is 2. The molecule has 2 bridgehead atoms. The molecule has 0 saturated heterocycles. The minimum Gasteiger partial charge on any atom is -0.494 e. The van der Waals surface area contributed by atoms with E-state index in [9.17, 15) is 4.79 Å². The lowest BCUT2D eigenvalue weighted by molar-refractivity contribution is 0.101. The molecule has 8 nitrogen and oxygen atoms in total. The Morgan fingerprint density at radius 3 is 2.74 bits per heavy atom. The lowest BCUT2D eigenvalue weighted by atomic mass is 10.1. The maximum absolute atomic E-state index is 12.2. The number of nitrogens with zero attached hydrogens (tertiary/aromatic N) is 6. The van der Waals surface area contributed by atoms with E-state index in [0.29, 0.717) is 17.9 Å². The summed E-state index contributed by atoms with van der Waals surface area (Å²) in [5.41, 5.74) is 5.29. The van der Waals surface area contributed by atoms with Gasteiger partial charge in [-0.05, 0) is 50.1 Å². The number of fused-ring (bicyclic) bond motifs is 9. The van der Waals surface area contributed by atoms with Gasteiger partial charge in [-0.3, -0.25) is 9.48 Å². The van der Waals surface area contributed by atoms with Crippen LogP contribution in [0, 0.1) is 0 Å². The van der Waals surface area contributed by atoms with E-state index in [1.165, 1.54) is 6.42 Å². The van der Waals surface area contributed by atoms with Crippen molar-refractivity contribution >= 4 is 27.9 Å². The molecule has 8 heteroatoms. The number of hydrogen-bond donors (Lipinski definition) is 0. The van der Waals surface area contributed by atoms with Crippen molar-refractivity contribution in [3.63, 3.8) is 0 Å². The largest absolute Gasteiger partial charge is 0.494 e. The summed E-state index contributed by atoms with van der Waals surface area (Å²) < 4.78 is 12.3. The van der Waals surface area contributed by atoms with Crippen LogP contribution in [0.5, 0.6) is 5.75 Å². The quantitative estimate of drug-likeness (QED) is 0.338. The maximum Gasteiger partial charge on any atom is 0.160 e. The van der Waals surface area contributed by atoms with Gasteiger partial charge in [0.15, 0.2) is 11.6 Å². The van der Waals surface area contributed by atoms with Gasteiger partial charge in [0.1, 0.15) is 16.9 Å². The molecule has 5 aromatic rings. The van der Waals surface area contributed by atoms with E-state index < -0.39 is 0 Å². The highest BCUT2D eigenvalue weighted by atomic mass is 16.5. The second-order valence-corrected chi connectivity index (χ2v) is 9.25. The Hall–Kier alpha value is -3.94. The van der Waals surface area contributed by atoms with Crippen molar-refractivity contribution in [3.05, 3.63) is 60.0 Å². The van der Waals surface area contributed by atoms with E-state index in [1.54, 1.807) is 14.0 Å².